The van der Waals surface area contributed by atoms with Crippen molar-refractivity contribution in [1.82, 2.24) is 5.32 Å². The highest BCUT2D eigenvalue weighted by Gasteiger charge is 2.08. The molecular weight excluding hydrogens is 198 g/mol. The van der Waals surface area contributed by atoms with Crippen molar-refractivity contribution >= 4 is 0 Å². The quantitative estimate of drug-likeness (QED) is 0.645. The van der Waals surface area contributed by atoms with Gasteiger partial charge in [0.25, 0.3) is 0 Å². The van der Waals surface area contributed by atoms with E-state index in [0.29, 0.717) is 6.04 Å². The molecule has 0 amide bonds. The van der Waals surface area contributed by atoms with Gasteiger partial charge in [-0.2, -0.15) is 0 Å². The molecule has 2 heteroatoms. The predicted molar refractivity (Wildman–Crippen MR) is 68.6 cm³/mol. The first-order valence-corrected chi connectivity index (χ1v) is 6.61. The van der Waals surface area contributed by atoms with Crippen molar-refractivity contribution in [2.45, 2.75) is 58.4 Å². The number of hydrogen-bond acceptors (Lipinski definition) is 2. The van der Waals surface area contributed by atoms with Crippen LogP contribution in [0.25, 0.3) is 0 Å². The van der Waals surface area contributed by atoms with E-state index in [-0.39, 0.29) is 0 Å². The Bertz CT molecular complexity index is 243. The van der Waals surface area contributed by atoms with Gasteiger partial charge < -0.3 is 9.73 Å². The van der Waals surface area contributed by atoms with E-state index in [1.54, 1.807) is 6.26 Å². The van der Waals surface area contributed by atoms with Crippen molar-refractivity contribution in [1.29, 1.82) is 0 Å². The van der Waals surface area contributed by atoms with Gasteiger partial charge in [-0.25, -0.2) is 0 Å². The van der Waals surface area contributed by atoms with Crippen LogP contribution < -0.4 is 5.32 Å². The topological polar surface area (TPSA) is 25.2 Å². The molecule has 0 aliphatic rings. The summed E-state index contributed by atoms with van der Waals surface area (Å²) in [5.41, 5.74) is 1.31. The summed E-state index contributed by atoms with van der Waals surface area (Å²) >= 11 is 0. The van der Waals surface area contributed by atoms with Crippen molar-refractivity contribution in [3.05, 3.63) is 24.2 Å². The second-order valence-electron chi connectivity index (χ2n) is 4.44. The first-order chi connectivity index (χ1) is 7.86. The third kappa shape index (κ3) is 5.36. The Morgan fingerprint density at radius 3 is 2.75 bits per heavy atom. The largest absolute Gasteiger partial charge is 0.472 e. The minimum absolute atomic E-state index is 0.611. The highest BCUT2D eigenvalue weighted by molar-refractivity contribution is 5.07. The summed E-state index contributed by atoms with van der Waals surface area (Å²) in [6.45, 7) is 5.48. The van der Waals surface area contributed by atoms with Gasteiger partial charge in [-0.3, -0.25) is 0 Å². The molecule has 1 unspecified atom stereocenters. The smallest absolute Gasteiger partial charge is 0.0935 e. The zero-order chi connectivity index (χ0) is 11.6. The molecule has 0 aliphatic carbocycles. The Balaban J connectivity index is 2.24. The summed E-state index contributed by atoms with van der Waals surface area (Å²) in [6.07, 6.45) is 11.4. The molecule has 1 aromatic heterocycles. The summed E-state index contributed by atoms with van der Waals surface area (Å²) in [5.74, 6) is 0. The fourth-order valence-electron chi connectivity index (χ4n) is 2.08. The van der Waals surface area contributed by atoms with Gasteiger partial charge in [-0.1, -0.05) is 39.5 Å². The third-order valence-corrected chi connectivity index (χ3v) is 2.96. The minimum atomic E-state index is 0.611. The number of nitrogens with one attached hydrogen (secondary N) is 1. The standard InChI is InChI=1S/C14H25NO/c1-3-5-6-7-8-14(15-4-2)11-13-9-10-16-12-13/h9-10,12,14-15H,3-8,11H2,1-2H3. The molecule has 1 aromatic rings. The van der Waals surface area contributed by atoms with Crippen molar-refractivity contribution in [2.75, 3.05) is 6.54 Å². The molecule has 0 bridgehead atoms. The summed E-state index contributed by atoms with van der Waals surface area (Å²) in [7, 11) is 0. The van der Waals surface area contributed by atoms with Crippen LogP contribution >= 0.6 is 0 Å². The maximum Gasteiger partial charge on any atom is 0.0935 e. The summed E-state index contributed by atoms with van der Waals surface area (Å²) in [4.78, 5) is 0. The Morgan fingerprint density at radius 1 is 1.25 bits per heavy atom. The number of rotatable bonds is 9. The summed E-state index contributed by atoms with van der Waals surface area (Å²) in [6, 6.07) is 2.68. The second-order valence-corrected chi connectivity index (χ2v) is 4.44. The Hall–Kier alpha value is -0.760. The highest BCUT2D eigenvalue weighted by atomic mass is 16.3. The van der Waals surface area contributed by atoms with Gasteiger partial charge in [0, 0.05) is 6.04 Å². The summed E-state index contributed by atoms with van der Waals surface area (Å²) < 4.78 is 5.11. The molecule has 1 N–H and O–H groups in total. The molecule has 0 spiro atoms. The maximum absolute atomic E-state index is 5.11. The Morgan fingerprint density at radius 2 is 2.12 bits per heavy atom. The third-order valence-electron chi connectivity index (χ3n) is 2.96. The lowest BCUT2D eigenvalue weighted by atomic mass is 10.0. The van der Waals surface area contributed by atoms with Gasteiger partial charge >= 0.3 is 0 Å². The number of furan rings is 1. The van der Waals surface area contributed by atoms with Crippen LogP contribution in [0.4, 0.5) is 0 Å². The van der Waals surface area contributed by atoms with Crippen molar-refractivity contribution in [2.24, 2.45) is 0 Å². The SMILES string of the molecule is CCCCCCC(Cc1ccoc1)NCC. The van der Waals surface area contributed by atoms with Crippen molar-refractivity contribution in [3.63, 3.8) is 0 Å². The van der Waals surface area contributed by atoms with Gasteiger partial charge in [0.05, 0.1) is 12.5 Å². The highest BCUT2D eigenvalue weighted by Crippen LogP contribution is 2.11. The molecule has 0 saturated heterocycles. The zero-order valence-corrected chi connectivity index (χ0v) is 10.7. The van der Waals surface area contributed by atoms with Crippen LogP contribution in [0.15, 0.2) is 23.0 Å². The number of likely N-dealkylation sites (N-methyl/N-ethyl adjacent to an activating group) is 1. The van der Waals surface area contributed by atoms with E-state index in [9.17, 15) is 0 Å². The van der Waals surface area contributed by atoms with Gasteiger partial charge in [0.15, 0.2) is 0 Å². The van der Waals surface area contributed by atoms with Crippen LogP contribution in [0.5, 0.6) is 0 Å². The molecule has 16 heavy (non-hydrogen) atoms. The lowest BCUT2D eigenvalue weighted by Gasteiger charge is -2.16. The summed E-state index contributed by atoms with van der Waals surface area (Å²) in [5, 5.41) is 3.56. The van der Waals surface area contributed by atoms with E-state index in [1.807, 2.05) is 6.26 Å². The first kappa shape index (κ1) is 13.3. The predicted octanol–water partition coefficient (Wildman–Crippen LogP) is 3.77. The number of unbranched alkanes of at least 4 members (excludes halogenated alkanes) is 3. The van der Waals surface area contributed by atoms with Crippen LogP contribution in [-0.4, -0.2) is 12.6 Å². The Labute approximate surface area is 99.4 Å². The van der Waals surface area contributed by atoms with E-state index >= 15 is 0 Å². The van der Waals surface area contributed by atoms with Crippen molar-refractivity contribution in [3.8, 4) is 0 Å². The molecule has 0 fully saturated rings. The van der Waals surface area contributed by atoms with E-state index in [1.165, 1.54) is 37.7 Å². The van der Waals surface area contributed by atoms with Gasteiger partial charge in [0.2, 0.25) is 0 Å². The van der Waals surface area contributed by atoms with Crippen LogP contribution in [0.1, 0.15) is 51.5 Å². The fourth-order valence-corrected chi connectivity index (χ4v) is 2.08. The van der Waals surface area contributed by atoms with Crippen LogP contribution in [0, 0.1) is 0 Å². The number of hydrogen-bond donors (Lipinski definition) is 1. The average Bonchev–Trinajstić information content (AvgIpc) is 2.77. The molecule has 1 rings (SSSR count). The first-order valence-electron chi connectivity index (χ1n) is 6.61. The van der Waals surface area contributed by atoms with E-state index in [2.05, 4.69) is 25.2 Å². The lowest BCUT2D eigenvalue weighted by Crippen LogP contribution is -2.30. The normalized spacial score (nSPS) is 12.9. The molecule has 0 saturated carbocycles. The van der Waals surface area contributed by atoms with E-state index in [0.717, 1.165) is 13.0 Å². The van der Waals surface area contributed by atoms with Crippen LogP contribution in [0.2, 0.25) is 0 Å². The monoisotopic (exact) mass is 223 g/mol. The van der Waals surface area contributed by atoms with Gasteiger partial charge in [-0.15, -0.1) is 0 Å². The molecule has 1 atom stereocenters. The van der Waals surface area contributed by atoms with Crippen LogP contribution in [0.3, 0.4) is 0 Å². The molecule has 0 aliphatic heterocycles. The molecule has 92 valence electrons. The molecule has 2 nitrogen and oxygen atoms in total. The fraction of sp³-hybridized carbons (Fsp3) is 0.714. The second kappa shape index (κ2) is 8.40. The molecule has 0 radical (unpaired) electrons. The Kier molecular flexibility index (Phi) is 6.98. The lowest BCUT2D eigenvalue weighted by molar-refractivity contribution is 0.460. The van der Waals surface area contributed by atoms with E-state index < -0.39 is 0 Å². The van der Waals surface area contributed by atoms with Crippen molar-refractivity contribution < 1.29 is 4.42 Å². The molecular formula is C14H25NO. The molecule has 1 heterocycles. The maximum atomic E-state index is 5.11. The molecule has 0 aromatic carbocycles. The minimum Gasteiger partial charge on any atom is -0.472 e. The average molecular weight is 223 g/mol. The van der Waals surface area contributed by atoms with E-state index in [4.69, 9.17) is 4.42 Å². The van der Waals surface area contributed by atoms with Gasteiger partial charge in [-0.05, 0) is 31.0 Å². The zero-order valence-electron chi connectivity index (χ0n) is 10.7. The van der Waals surface area contributed by atoms with Gasteiger partial charge in [0.1, 0.15) is 0 Å². The van der Waals surface area contributed by atoms with Crippen LogP contribution in [-0.2, 0) is 6.42 Å².